The van der Waals surface area contributed by atoms with E-state index in [0.29, 0.717) is 12.5 Å². The number of aliphatic hydroxyl groups excluding tert-OH is 7. The number of ether oxygens (including phenoxy) is 4. The maximum Gasteiger partial charge on any atom is 0.186 e. The van der Waals surface area contributed by atoms with Gasteiger partial charge in [0, 0.05) is 6.61 Å². The summed E-state index contributed by atoms with van der Waals surface area (Å²) < 4.78 is 21.6. The van der Waals surface area contributed by atoms with Crippen LogP contribution in [0.1, 0.15) is 26.7 Å². The molecule has 0 saturated carbocycles. The lowest BCUT2D eigenvalue weighted by Crippen LogP contribution is -2.61. The summed E-state index contributed by atoms with van der Waals surface area (Å²) in [6, 6.07) is 0. The van der Waals surface area contributed by atoms with Crippen molar-refractivity contribution >= 4 is 0 Å². The van der Waals surface area contributed by atoms with Crippen LogP contribution in [0.4, 0.5) is 0 Å². The molecule has 2 aliphatic rings. The van der Waals surface area contributed by atoms with Gasteiger partial charge in [0.2, 0.25) is 0 Å². The molecule has 7 N–H and O–H groups in total. The summed E-state index contributed by atoms with van der Waals surface area (Å²) in [5.74, 6) is 0.489. The summed E-state index contributed by atoms with van der Waals surface area (Å²) in [5.41, 5.74) is 0. The van der Waals surface area contributed by atoms with Crippen LogP contribution in [0.25, 0.3) is 0 Å². The molecule has 0 aromatic carbocycles. The molecule has 172 valence electrons. The van der Waals surface area contributed by atoms with Gasteiger partial charge < -0.3 is 54.7 Å². The predicted molar refractivity (Wildman–Crippen MR) is 96.4 cm³/mol. The predicted octanol–water partition coefficient (Wildman–Crippen LogP) is -2.94. The molecular weight excluding hydrogens is 392 g/mol. The van der Waals surface area contributed by atoms with Crippen molar-refractivity contribution in [1.29, 1.82) is 0 Å². The maximum absolute atomic E-state index is 10.2. The van der Waals surface area contributed by atoms with Crippen molar-refractivity contribution in [2.45, 2.75) is 88.1 Å². The Kier molecular flexibility index (Phi) is 9.64. The number of rotatable bonds is 9. The molecule has 0 aliphatic carbocycles. The van der Waals surface area contributed by atoms with Crippen LogP contribution >= 0.6 is 0 Å². The highest BCUT2D eigenvalue weighted by atomic mass is 16.7. The maximum atomic E-state index is 10.2. The Hall–Kier alpha value is -0.440. The van der Waals surface area contributed by atoms with Gasteiger partial charge >= 0.3 is 0 Å². The minimum atomic E-state index is -1.60. The van der Waals surface area contributed by atoms with Gasteiger partial charge in [-0.05, 0) is 18.8 Å². The molecule has 0 aromatic heterocycles. The van der Waals surface area contributed by atoms with Crippen LogP contribution < -0.4 is 0 Å². The number of hydrogen-bond donors (Lipinski definition) is 7. The van der Waals surface area contributed by atoms with E-state index >= 15 is 0 Å². The zero-order valence-corrected chi connectivity index (χ0v) is 16.6. The molecule has 10 atom stereocenters. The van der Waals surface area contributed by atoms with Crippen molar-refractivity contribution < 1.29 is 54.7 Å². The molecule has 29 heavy (non-hydrogen) atoms. The van der Waals surface area contributed by atoms with Crippen LogP contribution in [0.2, 0.25) is 0 Å². The molecule has 2 rings (SSSR count). The van der Waals surface area contributed by atoms with Gasteiger partial charge in [-0.1, -0.05) is 13.8 Å². The Morgan fingerprint density at radius 3 is 1.79 bits per heavy atom. The summed E-state index contributed by atoms with van der Waals surface area (Å²) in [6.45, 7) is 3.45. The Balaban J connectivity index is 1.91. The lowest BCUT2D eigenvalue weighted by atomic mass is 9.98. The van der Waals surface area contributed by atoms with Gasteiger partial charge in [-0.3, -0.25) is 0 Å². The molecule has 0 spiro atoms. The van der Waals surface area contributed by atoms with Gasteiger partial charge in [0.25, 0.3) is 0 Å². The molecule has 11 nitrogen and oxygen atoms in total. The molecular formula is C18H34O11. The normalized spacial score (nSPS) is 43.7. The van der Waals surface area contributed by atoms with E-state index in [-0.39, 0.29) is 6.61 Å². The van der Waals surface area contributed by atoms with E-state index in [1.807, 2.05) is 0 Å². The van der Waals surface area contributed by atoms with Crippen molar-refractivity contribution in [2.75, 3.05) is 19.8 Å². The Morgan fingerprint density at radius 2 is 1.24 bits per heavy atom. The fraction of sp³-hybridized carbons (Fsp3) is 1.00. The summed E-state index contributed by atoms with van der Waals surface area (Å²) >= 11 is 0. The first-order valence-corrected chi connectivity index (χ1v) is 9.90. The average molecular weight is 426 g/mol. The Bertz CT molecular complexity index is 477. The molecule has 2 saturated heterocycles. The molecule has 2 fully saturated rings. The monoisotopic (exact) mass is 426 g/mol. The van der Waals surface area contributed by atoms with Crippen molar-refractivity contribution in [3.8, 4) is 0 Å². The molecule has 2 aliphatic heterocycles. The third-order valence-electron chi connectivity index (χ3n) is 5.15. The van der Waals surface area contributed by atoms with E-state index in [0.717, 1.165) is 12.8 Å². The standard InChI is InChI=1S/C18H34O11/c1-8(2)4-3-5-26-17-15(24)14(23)12(21)10(29-17)7-27-18-16(25)13(22)11(20)9(6-19)28-18/h8-25H,3-7H2,1-2H3. The molecule has 0 radical (unpaired) electrons. The molecule has 10 unspecified atom stereocenters. The Morgan fingerprint density at radius 1 is 0.724 bits per heavy atom. The zero-order valence-electron chi connectivity index (χ0n) is 16.6. The number of hydrogen-bond acceptors (Lipinski definition) is 11. The SMILES string of the molecule is CC(C)CCCOC1OC(COC2OC(CO)C(O)C(O)C2O)C(O)C(O)C1O. The summed E-state index contributed by atoms with van der Waals surface area (Å²) in [7, 11) is 0. The summed E-state index contributed by atoms with van der Waals surface area (Å²) in [5, 5.41) is 69.1. The van der Waals surface area contributed by atoms with Crippen molar-refractivity contribution in [3.63, 3.8) is 0 Å². The second-order valence-corrected chi connectivity index (χ2v) is 7.95. The highest BCUT2D eigenvalue weighted by Gasteiger charge is 2.47. The van der Waals surface area contributed by atoms with Crippen molar-refractivity contribution in [2.24, 2.45) is 5.92 Å². The van der Waals surface area contributed by atoms with E-state index in [1.165, 1.54) is 0 Å². The van der Waals surface area contributed by atoms with Crippen LogP contribution in [0.5, 0.6) is 0 Å². The molecule has 0 amide bonds. The minimum Gasteiger partial charge on any atom is -0.394 e. The minimum absolute atomic E-state index is 0.295. The van der Waals surface area contributed by atoms with E-state index < -0.39 is 68.0 Å². The van der Waals surface area contributed by atoms with Crippen LogP contribution in [0.3, 0.4) is 0 Å². The first-order chi connectivity index (χ1) is 13.7. The highest BCUT2D eigenvalue weighted by Crippen LogP contribution is 2.26. The van der Waals surface area contributed by atoms with Gasteiger partial charge in [0.15, 0.2) is 12.6 Å². The van der Waals surface area contributed by atoms with Crippen molar-refractivity contribution in [3.05, 3.63) is 0 Å². The van der Waals surface area contributed by atoms with Gasteiger partial charge in [0.05, 0.1) is 13.2 Å². The van der Waals surface area contributed by atoms with E-state index in [2.05, 4.69) is 13.8 Å². The highest BCUT2D eigenvalue weighted by molar-refractivity contribution is 4.91. The molecule has 0 aromatic rings. The van der Waals surface area contributed by atoms with Crippen LogP contribution in [-0.2, 0) is 18.9 Å². The second-order valence-electron chi connectivity index (χ2n) is 7.95. The van der Waals surface area contributed by atoms with Gasteiger partial charge in [0.1, 0.15) is 48.8 Å². The van der Waals surface area contributed by atoms with Gasteiger partial charge in [-0.15, -0.1) is 0 Å². The fourth-order valence-corrected chi connectivity index (χ4v) is 3.28. The summed E-state index contributed by atoms with van der Waals surface area (Å²) in [6.07, 6.45) is -12.4. The second kappa shape index (κ2) is 11.3. The third kappa shape index (κ3) is 6.28. The zero-order chi connectivity index (χ0) is 21.7. The van der Waals surface area contributed by atoms with E-state index in [9.17, 15) is 35.7 Å². The molecule has 2 heterocycles. The third-order valence-corrected chi connectivity index (χ3v) is 5.15. The number of aliphatic hydroxyl groups is 7. The lowest BCUT2D eigenvalue weighted by Gasteiger charge is -2.42. The van der Waals surface area contributed by atoms with Gasteiger partial charge in [-0.2, -0.15) is 0 Å². The summed E-state index contributed by atoms with van der Waals surface area (Å²) in [4.78, 5) is 0. The average Bonchev–Trinajstić information content (AvgIpc) is 2.69. The molecule has 0 bridgehead atoms. The van der Waals surface area contributed by atoms with Crippen LogP contribution in [0.15, 0.2) is 0 Å². The van der Waals surface area contributed by atoms with E-state index in [4.69, 9.17) is 18.9 Å². The topological polar surface area (TPSA) is 179 Å². The first kappa shape index (κ1) is 24.8. The lowest BCUT2D eigenvalue weighted by molar-refractivity contribution is -0.331. The smallest absolute Gasteiger partial charge is 0.186 e. The van der Waals surface area contributed by atoms with E-state index in [1.54, 1.807) is 0 Å². The van der Waals surface area contributed by atoms with Gasteiger partial charge in [-0.25, -0.2) is 0 Å². The Labute approximate surface area is 169 Å². The van der Waals surface area contributed by atoms with Crippen molar-refractivity contribution in [1.82, 2.24) is 0 Å². The van der Waals surface area contributed by atoms with Crippen LogP contribution in [0, 0.1) is 5.92 Å². The first-order valence-electron chi connectivity index (χ1n) is 9.90. The quantitative estimate of drug-likeness (QED) is 0.188. The molecule has 11 heteroatoms. The van der Waals surface area contributed by atoms with Crippen LogP contribution in [-0.4, -0.2) is 117 Å². The largest absolute Gasteiger partial charge is 0.394 e. The fourth-order valence-electron chi connectivity index (χ4n) is 3.28.